The predicted molar refractivity (Wildman–Crippen MR) is 132 cm³/mol. The van der Waals surface area contributed by atoms with E-state index in [0.717, 1.165) is 24.8 Å². The third-order valence-corrected chi connectivity index (χ3v) is 8.82. The molecule has 0 bridgehead atoms. The van der Waals surface area contributed by atoms with Crippen molar-refractivity contribution in [3.05, 3.63) is 54.2 Å². The van der Waals surface area contributed by atoms with Crippen LogP contribution in [0.2, 0.25) is 0 Å². The maximum absolute atomic E-state index is 13.0. The fraction of sp³-hybridized carbons (Fsp3) is 0.333. The lowest BCUT2D eigenvalue weighted by Crippen LogP contribution is -2.41. The molecule has 1 aliphatic heterocycles. The van der Waals surface area contributed by atoms with Crippen molar-refractivity contribution in [1.29, 1.82) is 0 Å². The van der Waals surface area contributed by atoms with Gasteiger partial charge in [0.15, 0.2) is 0 Å². The summed E-state index contributed by atoms with van der Waals surface area (Å²) in [4.78, 5) is 17.4. The molecule has 0 spiro atoms. The molecule has 0 radical (unpaired) electrons. The second kappa shape index (κ2) is 10.1. The fourth-order valence-electron chi connectivity index (χ4n) is 3.96. The van der Waals surface area contributed by atoms with Gasteiger partial charge in [0, 0.05) is 18.2 Å². The number of methoxy groups -OCH3 is 2. The summed E-state index contributed by atoms with van der Waals surface area (Å²) >= 11 is 1.30. The van der Waals surface area contributed by atoms with Gasteiger partial charge in [-0.05, 0) is 62.2 Å². The largest absolute Gasteiger partial charge is 0.497 e. The third kappa shape index (κ3) is 4.94. The van der Waals surface area contributed by atoms with Crippen LogP contribution < -0.4 is 14.8 Å². The Morgan fingerprint density at radius 1 is 1.12 bits per heavy atom. The van der Waals surface area contributed by atoms with Gasteiger partial charge in [-0.25, -0.2) is 13.4 Å². The molecule has 8 nitrogen and oxygen atoms in total. The van der Waals surface area contributed by atoms with Crippen LogP contribution in [-0.2, 0) is 10.0 Å². The topological polar surface area (TPSA) is 97.8 Å². The summed E-state index contributed by atoms with van der Waals surface area (Å²) in [7, 11) is -0.414. The van der Waals surface area contributed by atoms with Crippen molar-refractivity contribution in [3.63, 3.8) is 0 Å². The summed E-state index contributed by atoms with van der Waals surface area (Å²) in [6.07, 6.45) is 4.34. The smallest absolute Gasteiger partial charge is 0.256 e. The highest BCUT2D eigenvalue weighted by molar-refractivity contribution is 7.89. The van der Waals surface area contributed by atoms with Crippen molar-refractivity contribution in [2.75, 3.05) is 26.1 Å². The van der Waals surface area contributed by atoms with E-state index in [0.29, 0.717) is 33.6 Å². The SMILES string of the molecule is COc1ccc(OC)c(-c2ncc(NC(=O)c3ccc(S(=O)(=O)N4CCCC[C@H]4C)cc3)s2)c1. The lowest BCUT2D eigenvalue weighted by Gasteiger charge is -2.32. The highest BCUT2D eigenvalue weighted by atomic mass is 32.2. The van der Waals surface area contributed by atoms with Gasteiger partial charge in [0.05, 0.1) is 30.9 Å². The molecule has 2 aromatic carbocycles. The average molecular weight is 502 g/mol. The van der Waals surface area contributed by atoms with E-state index >= 15 is 0 Å². The summed E-state index contributed by atoms with van der Waals surface area (Å²) in [5.41, 5.74) is 1.12. The van der Waals surface area contributed by atoms with Crippen molar-refractivity contribution >= 4 is 32.3 Å². The molecule has 2 heterocycles. The first-order valence-electron chi connectivity index (χ1n) is 10.9. The van der Waals surface area contributed by atoms with Crippen LogP contribution in [0.1, 0.15) is 36.5 Å². The number of rotatable bonds is 7. The fourth-order valence-corrected chi connectivity index (χ4v) is 6.50. The number of amides is 1. The molecule has 10 heteroatoms. The zero-order valence-corrected chi connectivity index (χ0v) is 20.9. The van der Waals surface area contributed by atoms with E-state index in [1.165, 1.54) is 35.6 Å². The number of ether oxygens (including phenoxy) is 2. The normalized spacial score (nSPS) is 16.7. The van der Waals surface area contributed by atoms with Gasteiger partial charge in [0.2, 0.25) is 10.0 Å². The molecule has 1 saturated heterocycles. The highest BCUT2D eigenvalue weighted by Crippen LogP contribution is 2.37. The van der Waals surface area contributed by atoms with E-state index < -0.39 is 10.0 Å². The minimum Gasteiger partial charge on any atom is -0.497 e. The zero-order chi connectivity index (χ0) is 24.3. The van der Waals surface area contributed by atoms with Gasteiger partial charge in [-0.1, -0.05) is 17.8 Å². The van der Waals surface area contributed by atoms with Gasteiger partial charge < -0.3 is 14.8 Å². The van der Waals surface area contributed by atoms with Crippen LogP contribution in [-0.4, -0.2) is 50.4 Å². The van der Waals surface area contributed by atoms with Gasteiger partial charge in [0.25, 0.3) is 5.91 Å². The van der Waals surface area contributed by atoms with Gasteiger partial charge in [-0.15, -0.1) is 0 Å². The summed E-state index contributed by atoms with van der Waals surface area (Å²) < 4.78 is 38.3. The molecule has 0 saturated carbocycles. The van der Waals surface area contributed by atoms with Crippen LogP contribution in [0.3, 0.4) is 0 Å². The molecule has 1 N–H and O–H groups in total. The summed E-state index contributed by atoms with van der Waals surface area (Å²) in [5.74, 6) is 0.974. The molecule has 1 amide bonds. The average Bonchev–Trinajstić information content (AvgIpc) is 3.32. The number of nitrogens with one attached hydrogen (secondary N) is 1. The van der Waals surface area contributed by atoms with E-state index in [1.807, 2.05) is 13.0 Å². The number of carbonyl (C=O) groups excluding carboxylic acids is 1. The van der Waals surface area contributed by atoms with Crippen molar-refractivity contribution in [1.82, 2.24) is 9.29 Å². The van der Waals surface area contributed by atoms with Gasteiger partial charge >= 0.3 is 0 Å². The Kier molecular flexibility index (Phi) is 7.20. The zero-order valence-electron chi connectivity index (χ0n) is 19.3. The van der Waals surface area contributed by atoms with E-state index in [9.17, 15) is 13.2 Å². The van der Waals surface area contributed by atoms with Crippen molar-refractivity contribution in [3.8, 4) is 22.1 Å². The molecular weight excluding hydrogens is 474 g/mol. The summed E-state index contributed by atoms with van der Waals surface area (Å²) in [5, 5.41) is 4.06. The van der Waals surface area contributed by atoms with Gasteiger partial charge in [0.1, 0.15) is 21.5 Å². The molecule has 34 heavy (non-hydrogen) atoms. The van der Waals surface area contributed by atoms with Crippen LogP contribution in [0.15, 0.2) is 53.6 Å². The molecule has 1 aromatic heterocycles. The molecule has 3 aromatic rings. The number of hydrogen-bond acceptors (Lipinski definition) is 7. The number of sulfonamides is 1. The minimum absolute atomic E-state index is 0.0227. The quantitative estimate of drug-likeness (QED) is 0.506. The van der Waals surface area contributed by atoms with Crippen LogP contribution >= 0.6 is 11.3 Å². The maximum Gasteiger partial charge on any atom is 0.256 e. The van der Waals surface area contributed by atoms with Crippen LogP contribution in [0.4, 0.5) is 5.00 Å². The lowest BCUT2D eigenvalue weighted by molar-refractivity contribution is 0.102. The summed E-state index contributed by atoms with van der Waals surface area (Å²) in [6.45, 7) is 2.46. The standard InChI is InChI=1S/C24H27N3O5S2/c1-16-6-4-5-13-27(16)34(29,30)19-10-7-17(8-11-19)23(28)26-22-15-25-24(33-22)20-14-18(31-2)9-12-21(20)32-3/h7-12,14-16H,4-6,13H2,1-3H3,(H,26,28)/t16-/m1/s1. The molecule has 0 unspecified atom stereocenters. The van der Waals surface area contributed by atoms with Gasteiger partial charge in [-0.2, -0.15) is 4.31 Å². The second-order valence-corrected chi connectivity index (χ2v) is 11.0. The Hall–Kier alpha value is -2.95. The number of nitrogens with zero attached hydrogens (tertiary/aromatic N) is 2. The molecule has 180 valence electrons. The number of hydrogen-bond donors (Lipinski definition) is 1. The molecular formula is C24H27N3O5S2. The second-order valence-electron chi connectivity index (χ2n) is 8.03. The first kappa shape index (κ1) is 24.2. The molecule has 4 rings (SSSR count). The number of aromatic nitrogens is 1. The first-order chi connectivity index (χ1) is 16.3. The molecule has 1 atom stereocenters. The Morgan fingerprint density at radius 2 is 1.88 bits per heavy atom. The number of carbonyl (C=O) groups is 1. The van der Waals surface area contributed by atoms with Gasteiger partial charge in [-0.3, -0.25) is 4.79 Å². The minimum atomic E-state index is -3.58. The first-order valence-corrected chi connectivity index (χ1v) is 13.2. The Labute approximate surface area is 203 Å². The van der Waals surface area contributed by atoms with Crippen LogP contribution in [0, 0.1) is 0 Å². The molecule has 1 aliphatic rings. The highest BCUT2D eigenvalue weighted by Gasteiger charge is 2.31. The number of piperidine rings is 1. The lowest BCUT2D eigenvalue weighted by atomic mass is 10.1. The van der Waals surface area contributed by atoms with Crippen molar-refractivity contribution in [2.24, 2.45) is 0 Å². The third-order valence-electron chi connectivity index (χ3n) is 5.84. The van der Waals surface area contributed by atoms with E-state index in [-0.39, 0.29) is 16.8 Å². The molecule has 0 aliphatic carbocycles. The van der Waals surface area contributed by atoms with E-state index in [4.69, 9.17) is 9.47 Å². The van der Waals surface area contributed by atoms with Crippen molar-refractivity contribution in [2.45, 2.75) is 37.1 Å². The molecule has 1 fully saturated rings. The summed E-state index contributed by atoms with van der Waals surface area (Å²) in [6, 6.07) is 11.4. The Bertz CT molecular complexity index is 1270. The van der Waals surface area contributed by atoms with Crippen LogP contribution in [0.5, 0.6) is 11.5 Å². The van der Waals surface area contributed by atoms with Crippen molar-refractivity contribution < 1.29 is 22.7 Å². The number of benzene rings is 2. The number of thiazole rings is 1. The Morgan fingerprint density at radius 3 is 2.56 bits per heavy atom. The van der Waals surface area contributed by atoms with E-state index in [2.05, 4.69) is 10.3 Å². The van der Waals surface area contributed by atoms with Crippen LogP contribution in [0.25, 0.3) is 10.6 Å². The maximum atomic E-state index is 13.0. The van der Waals surface area contributed by atoms with E-state index in [1.54, 1.807) is 36.9 Å². The Balaban J connectivity index is 1.49. The predicted octanol–water partition coefficient (Wildman–Crippen LogP) is 4.64. The number of anilines is 1. The monoisotopic (exact) mass is 501 g/mol.